The zero-order valence-electron chi connectivity index (χ0n) is 18.4. The highest BCUT2D eigenvalue weighted by Crippen LogP contribution is 2.19. The summed E-state index contributed by atoms with van der Waals surface area (Å²) < 4.78 is 5.42. The van der Waals surface area contributed by atoms with E-state index in [0.29, 0.717) is 36.7 Å². The average Bonchev–Trinajstić information content (AvgIpc) is 2.66. The van der Waals surface area contributed by atoms with E-state index in [-0.39, 0.29) is 12.0 Å². The zero-order valence-corrected chi connectivity index (χ0v) is 18.4. The van der Waals surface area contributed by atoms with Crippen LogP contribution in [0.4, 0.5) is 10.5 Å². The molecule has 0 aliphatic carbocycles. The number of primary amides is 1. The van der Waals surface area contributed by atoms with Crippen LogP contribution in [0.1, 0.15) is 50.4 Å². The van der Waals surface area contributed by atoms with E-state index in [1.807, 2.05) is 20.8 Å². The largest absolute Gasteiger partial charge is 0.444 e. The fraction of sp³-hybridized carbons (Fsp3) is 0.591. The predicted octanol–water partition coefficient (Wildman–Crippen LogP) is 2.69. The zero-order chi connectivity index (χ0) is 22.3. The number of carbonyl (C=O) groups excluding carboxylic acids is 3. The molecule has 1 aliphatic rings. The second-order valence-corrected chi connectivity index (χ2v) is 8.91. The number of carbonyl (C=O) groups is 3. The third-order valence-electron chi connectivity index (χ3n) is 4.95. The monoisotopic (exact) mass is 418 g/mol. The van der Waals surface area contributed by atoms with Gasteiger partial charge in [0.15, 0.2) is 0 Å². The van der Waals surface area contributed by atoms with Gasteiger partial charge in [-0.25, -0.2) is 4.79 Å². The predicted molar refractivity (Wildman–Crippen MR) is 116 cm³/mol. The maximum absolute atomic E-state index is 12.3. The Balaban J connectivity index is 1.75. The number of nitrogens with two attached hydrogens (primary N) is 1. The summed E-state index contributed by atoms with van der Waals surface area (Å²) in [5.74, 6) is -0.208. The molecule has 0 aromatic heterocycles. The van der Waals surface area contributed by atoms with Gasteiger partial charge < -0.3 is 25.6 Å². The summed E-state index contributed by atoms with van der Waals surface area (Å²) in [5.41, 5.74) is 5.76. The number of nitrogens with one attached hydrogen (secondary N) is 1. The molecular weight excluding hydrogens is 384 g/mol. The number of amides is 3. The summed E-state index contributed by atoms with van der Waals surface area (Å²) in [6.07, 6.45) is 2.18. The van der Waals surface area contributed by atoms with Crippen molar-refractivity contribution in [1.29, 1.82) is 0 Å². The van der Waals surface area contributed by atoms with E-state index in [0.717, 1.165) is 25.9 Å². The third-order valence-corrected chi connectivity index (χ3v) is 4.95. The minimum absolute atomic E-state index is 0.0742. The van der Waals surface area contributed by atoms with E-state index in [2.05, 4.69) is 10.2 Å². The Bertz CT molecular complexity index is 742. The lowest BCUT2D eigenvalue weighted by atomic mass is 9.97. The maximum Gasteiger partial charge on any atom is 0.410 e. The van der Waals surface area contributed by atoms with Crippen molar-refractivity contribution in [2.24, 2.45) is 11.7 Å². The molecule has 8 heteroatoms. The van der Waals surface area contributed by atoms with Gasteiger partial charge in [-0.3, -0.25) is 9.59 Å². The number of ether oxygens (including phenoxy) is 1. The highest BCUT2D eigenvalue weighted by atomic mass is 16.6. The fourth-order valence-electron chi connectivity index (χ4n) is 3.51. The van der Waals surface area contributed by atoms with Crippen LogP contribution in [-0.4, -0.2) is 66.5 Å². The second kappa shape index (κ2) is 10.4. The number of rotatable bonds is 7. The third kappa shape index (κ3) is 8.02. The first-order valence-corrected chi connectivity index (χ1v) is 10.4. The van der Waals surface area contributed by atoms with Gasteiger partial charge in [-0.15, -0.1) is 0 Å². The molecule has 1 unspecified atom stereocenters. The van der Waals surface area contributed by atoms with Crippen LogP contribution in [0.5, 0.6) is 0 Å². The Kier molecular flexibility index (Phi) is 8.23. The van der Waals surface area contributed by atoms with E-state index in [1.165, 1.54) is 0 Å². The van der Waals surface area contributed by atoms with Crippen molar-refractivity contribution in [3.05, 3.63) is 29.8 Å². The lowest BCUT2D eigenvalue weighted by Gasteiger charge is -2.35. The van der Waals surface area contributed by atoms with Crippen LogP contribution in [0.15, 0.2) is 24.3 Å². The lowest BCUT2D eigenvalue weighted by Crippen LogP contribution is -2.43. The van der Waals surface area contributed by atoms with E-state index >= 15 is 0 Å². The molecule has 2 rings (SSSR count). The van der Waals surface area contributed by atoms with Crippen molar-refractivity contribution in [2.45, 2.75) is 45.6 Å². The summed E-state index contributed by atoms with van der Waals surface area (Å²) >= 11 is 0. The number of benzene rings is 1. The normalized spacial score (nSPS) is 17.3. The van der Waals surface area contributed by atoms with Crippen molar-refractivity contribution in [1.82, 2.24) is 9.80 Å². The van der Waals surface area contributed by atoms with Gasteiger partial charge in [-0.2, -0.15) is 0 Å². The molecular formula is C22H34N4O4. The topological polar surface area (TPSA) is 105 Å². The van der Waals surface area contributed by atoms with Gasteiger partial charge >= 0.3 is 6.09 Å². The lowest BCUT2D eigenvalue weighted by molar-refractivity contribution is -0.116. The summed E-state index contributed by atoms with van der Waals surface area (Å²) in [6.45, 7) is 8.69. The number of nitrogens with zero attached hydrogens (tertiary/aromatic N) is 2. The molecule has 1 atom stereocenters. The van der Waals surface area contributed by atoms with Crippen molar-refractivity contribution < 1.29 is 19.1 Å². The molecule has 0 spiro atoms. The molecule has 1 aromatic rings. The number of piperidine rings is 1. The van der Waals surface area contributed by atoms with E-state index in [4.69, 9.17) is 10.5 Å². The molecule has 1 heterocycles. The molecule has 8 nitrogen and oxygen atoms in total. The number of hydrogen-bond donors (Lipinski definition) is 2. The van der Waals surface area contributed by atoms with E-state index in [9.17, 15) is 14.4 Å². The highest BCUT2D eigenvalue weighted by molar-refractivity contribution is 5.94. The Morgan fingerprint density at radius 3 is 2.50 bits per heavy atom. The van der Waals surface area contributed by atoms with Crippen molar-refractivity contribution >= 4 is 23.6 Å². The minimum atomic E-state index is -0.503. The van der Waals surface area contributed by atoms with Gasteiger partial charge in [-0.05, 0) is 70.3 Å². The molecule has 3 amide bonds. The number of likely N-dealkylation sites (tertiary alicyclic amines) is 1. The van der Waals surface area contributed by atoms with Gasteiger partial charge in [0.1, 0.15) is 5.60 Å². The molecule has 0 saturated carbocycles. The fourth-order valence-corrected chi connectivity index (χ4v) is 3.51. The smallest absolute Gasteiger partial charge is 0.410 e. The van der Waals surface area contributed by atoms with Crippen molar-refractivity contribution in [3.8, 4) is 0 Å². The highest BCUT2D eigenvalue weighted by Gasteiger charge is 2.25. The molecule has 0 bridgehead atoms. The quantitative estimate of drug-likeness (QED) is 0.708. The first-order valence-electron chi connectivity index (χ1n) is 10.4. The van der Waals surface area contributed by atoms with Gasteiger partial charge in [0.25, 0.3) is 0 Å². The molecule has 3 N–H and O–H groups in total. The van der Waals surface area contributed by atoms with Crippen LogP contribution in [0.25, 0.3) is 0 Å². The van der Waals surface area contributed by atoms with Gasteiger partial charge in [0.05, 0.1) is 0 Å². The average molecular weight is 419 g/mol. The van der Waals surface area contributed by atoms with Gasteiger partial charge in [0, 0.05) is 44.4 Å². The van der Waals surface area contributed by atoms with Gasteiger partial charge in [-0.1, -0.05) is 0 Å². The van der Waals surface area contributed by atoms with Crippen LogP contribution < -0.4 is 11.1 Å². The van der Waals surface area contributed by atoms with Crippen LogP contribution in [0.3, 0.4) is 0 Å². The Morgan fingerprint density at radius 2 is 1.90 bits per heavy atom. The molecule has 1 saturated heterocycles. The maximum atomic E-state index is 12.3. The first-order chi connectivity index (χ1) is 14.0. The summed E-state index contributed by atoms with van der Waals surface area (Å²) in [4.78, 5) is 39.4. The molecule has 1 aromatic carbocycles. The summed E-state index contributed by atoms with van der Waals surface area (Å²) in [5, 5.41) is 2.84. The van der Waals surface area contributed by atoms with E-state index < -0.39 is 11.5 Å². The Morgan fingerprint density at radius 1 is 1.23 bits per heavy atom. The Hall–Kier alpha value is -2.61. The van der Waals surface area contributed by atoms with Crippen LogP contribution in [0, 0.1) is 5.92 Å². The Labute approximate surface area is 178 Å². The molecule has 30 heavy (non-hydrogen) atoms. The number of hydrogen-bond acceptors (Lipinski definition) is 5. The minimum Gasteiger partial charge on any atom is -0.444 e. The summed E-state index contributed by atoms with van der Waals surface area (Å²) in [6, 6.07) is 6.52. The second-order valence-electron chi connectivity index (χ2n) is 8.91. The molecule has 1 aliphatic heterocycles. The van der Waals surface area contributed by atoms with Crippen molar-refractivity contribution in [2.75, 3.05) is 38.5 Å². The van der Waals surface area contributed by atoms with Crippen molar-refractivity contribution in [3.63, 3.8) is 0 Å². The SMILES string of the molecule is CN(CC1CCCN(CCC(=O)Nc2ccc(C(N)=O)cc2)C1)C(=O)OC(C)(C)C. The number of anilines is 1. The molecule has 166 valence electrons. The van der Waals surface area contributed by atoms with Crippen LogP contribution in [0.2, 0.25) is 0 Å². The van der Waals surface area contributed by atoms with Gasteiger partial charge in [0.2, 0.25) is 11.8 Å². The van der Waals surface area contributed by atoms with E-state index in [1.54, 1.807) is 36.2 Å². The molecule has 0 radical (unpaired) electrons. The standard InChI is InChI=1S/C22H34N4O4/c1-22(2,3)30-21(29)25(4)14-16-6-5-12-26(15-16)13-11-19(27)24-18-9-7-17(8-10-18)20(23)28/h7-10,16H,5-6,11-15H2,1-4H3,(H2,23,28)(H,24,27). The first kappa shape index (κ1) is 23.7. The van der Waals surface area contributed by atoms with Crippen LogP contribution in [-0.2, 0) is 9.53 Å². The van der Waals surface area contributed by atoms with Crippen LogP contribution >= 0.6 is 0 Å². The summed E-state index contributed by atoms with van der Waals surface area (Å²) in [7, 11) is 1.77. The molecule has 1 fully saturated rings.